The van der Waals surface area contributed by atoms with Gasteiger partial charge in [0.1, 0.15) is 6.33 Å². The third kappa shape index (κ3) is 5.46. The van der Waals surface area contributed by atoms with Crippen molar-refractivity contribution in [1.82, 2.24) is 24.7 Å². The van der Waals surface area contributed by atoms with Crippen molar-refractivity contribution in [2.45, 2.75) is 13.5 Å². The third-order valence-corrected chi connectivity index (χ3v) is 5.26. The van der Waals surface area contributed by atoms with Gasteiger partial charge in [-0.2, -0.15) is 10.1 Å². The Labute approximate surface area is 207 Å². The van der Waals surface area contributed by atoms with E-state index in [1.54, 1.807) is 19.1 Å². The molecule has 3 N–H and O–H groups in total. The molecule has 0 saturated carbocycles. The molecule has 0 atom stereocenters. The summed E-state index contributed by atoms with van der Waals surface area (Å²) in [5.41, 5.74) is 4.39. The van der Waals surface area contributed by atoms with Crippen LogP contribution in [0, 0.1) is 11.8 Å². The van der Waals surface area contributed by atoms with E-state index in [4.69, 9.17) is 0 Å². The zero-order chi connectivity index (χ0) is 24.7. The number of fused-ring (bicyclic) bond motifs is 1. The van der Waals surface area contributed by atoms with Crippen LogP contribution in [0.2, 0.25) is 0 Å². The maximum absolute atomic E-state index is 11.7. The van der Waals surface area contributed by atoms with Gasteiger partial charge in [0.2, 0.25) is 11.9 Å². The summed E-state index contributed by atoms with van der Waals surface area (Å²) in [5.74, 6) is 5.41. The van der Waals surface area contributed by atoms with Crippen LogP contribution in [0.25, 0.3) is 10.9 Å². The van der Waals surface area contributed by atoms with Crippen LogP contribution in [0.4, 0.5) is 29.0 Å². The van der Waals surface area contributed by atoms with E-state index in [-0.39, 0.29) is 5.91 Å². The minimum absolute atomic E-state index is 0.362. The third-order valence-electron chi connectivity index (χ3n) is 5.26. The molecule has 2 heterocycles. The van der Waals surface area contributed by atoms with E-state index < -0.39 is 0 Å². The zero-order valence-corrected chi connectivity index (χ0v) is 19.4. The molecule has 0 aliphatic heterocycles. The fourth-order valence-electron chi connectivity index (χ4n) is 3.67. The van der Waals surface area contributed by atoms with E-state index in [1.165, 1.54) is 11.9 Å². The molecule has 176 valence electrons. The molecule has 0 unspecified atom stereocenters. The molecule has 5 rings (SSSR count). The Balaban J connectivity index is 1.28. The van der Waals surface area contributed by atoms with Crippen LogP contribution >= 0.6 is 0 Å². The molecule has 0 spiro atoms. The average Bonchev–Trinajstić information content (AvgIpc) is 3.27. The maximum atomic E-state index is 11.7. The van der Waals surface area contributed by atoms with E-state index in [1.807, 2.05) is 59.4 Å². The quantitative estimate of drug-likeness (QED) is 0.293. The molecule has 2 aromatic heterocycles. The first-order valence-electron chi connectivity index (χ1n) is 11.2. The van der Waals surface area contributed by atoms with Crippen molar-refractivity contribution >= 4 is 45.8 Å². The van der Waals surface area contributed by atoms with Crippen molar-refractivity contribution in [3.05, 3.63) is 90.9 Å². The summed E-state index contributed by atoms with van der Waals surface area (Å²) in [6.07, 6.45) is 3.28. The Morgan fingerprint density at radius 3 is 2.42 bits per heavy atom. The van der Waals surface area contributed by atoms with Crippen LogP contribution in [0.5, 0.6) is 0 Å². The smallest absolute Gasteiger partial charge is 0.300 e. The fourth-order valence-corrected chi connectivity index (χ4v) is 3.67. The highest BCUT2D eigenvalue weighted by Gasteiger charge is 2.07. The van der Waals surface area contributed by atoms with Gasteiger partial charge < -0.3 is 16.0 Å². The predicted molar refractivity (Wildman–Crippen MR) is 140 cm³/mol. The summed E-state index contributed by atoms with van der Waals surface area (Å²) in [5, 5.41) is 14.6. The maximum Gasteiger partial charge on any atom is 0.300 e. The van der Waals surface area contributed by atoms with Crippen molar-refractivity contribution in [3.8, 4) is 11.8 Å². The summed E-state index contributed by atoms with van der Waals surface area (Å²) < 4.78 is 1.98. The van der Waals surface area contributed by atoms with Crippen LogP contribution in [-0.2, 0) is 11.3 Å². The molecular weight excluding hydrogens is 452 g/mol. The first-order chi connectivity index (χ1) is 17.7. The van der Waals surface area contributed by atoms with Gasteiger partial charge in [-0.25, -0.2) is 9.97 Å². The van der Waals surface area contributed by atoms with Gasteiger partial charge in [-0.1, -0.05) is 42.3 Å². The van der Waals surface area contributed by atoms with Gasteiger partial charge in [-0.05, 0) is 54.8 Å². The van der Waals surface area contributed by atoms with Crippen molar-refractivity contribution in [1.29, 1.82) is 0 Å². The largest absolute Gasteiger partial charge is 0.324 e. The summed E-state index contributed by atoms with van der Waals surface area (Å²) >= 11 is 0. The Morgan fingerprint density at radius 2 is 1.64 bits per heavy atom. The second kappa shape index (κ2) is 10.4. The molecule has 0 aliphatic rings. The van der Waals surface area contributed by atoms with E-state index >= 15 is 0 Å². The molecule has 5 aromatic rings. The number of nitrogens with zero attached hydrogens (tertiary/aromatic N) is 5. The molecule has 9 heteroatoms. The first-order valence-corrected chi connectivity index (χ1v) is 11.2. The van der Waals surface area contributed by atoms with Gasteiger partial charge in [-0.3, -0.25) is 9.48 Å². The summed E-state index contributed by atoms with van der Waals surface area (Å²) in [6.45, 7) is 2.32. The van der Waals surface area contributed by atoms with Gasteiger partial charge in [0, 0.05) is 22.4 Å². The Bertz CT molecular complexity index is 1580. The van der Waals surface area contributed by atoms with E-state index in [0.717, 1.165) is 16.6 Å². The highest BCUT2D eigenvalue weighted by molar-refractivity contribution is 6.04. The highest BCUT2D eigenvalue weighted by atomic mass is 16.1. The number of carbonyl (C=O) groups excluding carboxylic acids is 1. The van der Waals surface area contributed by atoms with Gasteiger partial charge in [-0.15, -0.1) is 0 Å². The topological polar surface area (TPSA) is 110 Å². The molecule has 3 aromatic carbocycles. The van der Waals surface area contributed by atoms with Crippen LogP contribution in [0.1, 0.15) is 12.5 Å². The van der Waals surface area contributed by atoms with E-state index in [0.29, 0.717) is 29.8 Å². The number of nitrogens with one attached hydrogen (secondary N) is 3. The normalized spacial score (nSPS) is 10.4. The van der Waals surface area contributed by atoms with Crippen molar-refractivity contribution in [2.24, 2.45) is 0 Å². The molecule has 0 saturated heterocycles. The molecule has 0 bridgehead atoms. The van der Waals surface area contributed by atoms with Crippen molar-refractivity contribution in [2.75, 3.05) is 16.0 Å². The number of amides is 1. The van der Waals surface area contributed by atoms with Gasteiger partial charge in [0.05, 0.1) is 18.3 Å². The number of anilines is 5. The lowest BCUT2D eigenvalue weighted by atomic mass is 10.2. The Kier molecular flexibility index (Phi) is 6.49. The average molecular weight is 475 g/mol. The van der Waals surface area contributed by atoms with Crippen LogP contribution in [-0.4, -0.2) is 30.6 Å². The number of hydrogen-bond donors (Lipinski definition) is 3. The van der Waals surface area contributed by atoms with E-state index in [2.05, 4.69) is 60.0 Å². The number of carbonyl (C=O) groups is 1. The summed E-state index contributed by atoms with van der Waals surface area (Å²) in [4.78, 5) is 24.6. The molecule has 9 nitrogen and oxygen atoms in total. The monoisotopic (exact) mass is 474 g/mol. The zero-order valence-electron chi connectivity index (χ0n) is 19.4. The standard InChI is InChI=1S/C27H22N8O/c1-2-7-25(36)31-21-10-6-11-22(15-21)32-26-28-18-29-27(34-26)33-23-12-13-24-20(14-23)16-30-35(24)17-19-8-4-3-5-9-19/h3-6,8-16,18H,17H2,1H3,(H,31,36)(H2,28,29,32,33,34). The fraction of sp³-hybridized carbons (Fsp3) is 0.0741. The lowest BCUT2D eigenvalue weighted by Crippen LogP contribution is -2.08. The van der Waals surface area contributed by atoms with Crippen LogP contribution in [0.3, 0.4) is 0 Å². The minimum Gasteiger partial charge on any atom is -0.324 e. The number of benzene rings is 3. The Morgan fingerprint density at radius 1 is 0.889 bits per heavy atom. The van der Waals surface area contributed by atoms with Crippen LogP contribution in [0.15, 0.2) is 85.3 Å². The van der Waals surface area contributed by atoms with Crippen molar-refractivity contribution in [3.63, 3.8) is 0 Å². The van der Waals surface area contributed by atoms with E-state index in [9.17, 15) is 4.79 Å². The molecule has 36 heavy (non-hydrogen) atoms. The lowest BCUT2D eigenvalue weighted by Gasteiger charge is -2.09. The summed E-state index contributed by atoms with van der Waals surface area (Å²) in [7, 11) is 0. The second-order valence-corrected chi connectivity index (χ2v) is 7.85. The van der Waals surface area contributed by atoms with Gasteiger partial charge >= 0.3 is 0 Å². The van der Waals surface area contributed by atoms with Crippen LogP contribution < -0.4 is 16.0 Å². The highest BCUT2D eigenvalue weighted by Crippen LogP contribution is 2.23. The van der Waals surface area contributed by atoms with Gasteiger partial charge in [0.15, 0.2) is 0 Å². The number of aromatic nitrogens is 5. The lowest BCUT2D eigenvalue weighted by molar-refractivity contribution is -0.111. The summed E-state index contributed by atoms with van der Waals surface area (Å²) in [6, 6.07) is 23.4. The molecule has 1 amide bonds. The van der Waals surface area contributed by atoms with Gasteiger partial charge in [0.25, 0.3) is 5.91 Å². The molecular formula is C27H22N8O. The first kappa shape index (κ1) is 22.6. The molecule has 0 aliphatic carbocycles. The SMILES string of the molecule is CC#CC(=O)Nc1cccc(Nc2ncnc(Nc3ccc4c(cnn4Cc4ccccc4)c3)n2)c1. The number of rotatable bonds is 7. The predicted octanol–water partition coefficient (Wildman–Crippen LogP) is 4.72. The van der Waals surface area contributed by atoms with Crippen molar-refractivity contribution < 1.29 is 4.79 Å². The Hall–Kier alpha value is -5.23. The molecule has 0 fully saturated rings. The number of hydrogen-bond acceptors (Lipinski definition) is 7. The molecule has 0 radical (unpaired) electrons. The minimum atomic E-state index is -0.371. The second-order valence-electron chi connectivity index (χ2n) is 7.85.